The van der Waals surface area contributed by atoms with Crippen LogP contribution in [0.25, 0.3) is 0 Å². The number of para-hydroxylation sites is 1. The van der Waals surface area contributed by atoms with Crippen LogP contribution in [0.4, 0.5) is 0 Å². The van der Waals surface area contributed by atoms with Gasteiger partial charge in [0.2, 0.25) is 5.91 Å². The fraction of sp³-hybridized carbons (Fsp3) is 0.278. The lowest BCUT2D eigenvalue weighted by molar-refractivity contribution is -0.121. The molecule has 0 heterocycles. The van der Waals surface area contributed by atoms with Crippen LogP contribution in [0, 0.1) is 6.92 Å². The monoisotopic (exact) mass is 283 g/mol. The van der Waals surface area contributed by atoms with E-state index in [1.807, 2.05) is 24.3 Å². The summed E-state index contributed by atoms with van der Waals surface area (Å²) >= 11 is 0. The zero-order valence-corrected chi connectivity index (χ0v) is 12.3. The van der Waals surface area contributed by atoms with E-state index in [0.717, 1.165) is 12.0 Å². The lowest BCUT2D eigenvalue weighted by atomic mass is 10.1. The molecule has 0 aliphatic carbocycles. The number of aromatic hydroxyl groups is 1. The molecule has 0 spiro atoms. The van der Waals surface area contributed by atoms with Gasteiger partial charge in [0.25, 0.3) is 0 Å². The Kier molecular flexibility index (Phi) is 5.38. The van der Waals surface area contributed by atoms with E-state index >= 15 is 0 Å². The van der Waals surface area contributed by atoms with Crippen LogP contribution in [-0.4, -0.2) is 17.6 Å². The zero-order chi connectivity index (χ0) is 15.1. The molecule has 0 aromatic heterocycles. The van der Waals surface area contributed by atoms with Crippen molar-refractivity contribution in [3.63, 3.8) is 0 Å². The smallest absolute Gasteiger partial charge is 0.220 e. The largest absolute Gasteiger partial charge is 0.508 e. The normalized spacial score (nSPS) is 10.3. The van der Waals surface area contributed by atoms with E-state index < -0.39 is 0 Å². The van der Waals surface area contributed by atoms with E-state index in [1.54, 1.807) is 12.1 Å². The lowest BCUT2D eigenvalue weighted by Gasteiger charge is -2.08. The van der Waals surface area contributed by atoms with Crippen LogP contribution in [0.15, 0.2) is 48.5 Å². The van der Waals surface area contributed by atoms with Crippen molar-refractivity contribution >= 4 is 5.91 Å². The van der Waals surface area contributed by atoms with Crippen molar-refractivity contribution in [2.24, 2.45) is 0 Å². The number of carbonyl (C=O) groups excluding carboxylic acids is 1. The van der Waals surface area contributed by atoms with Crippen LogP contribution < -0.4 is 5.32 Å². The molecule has 0 saturated carbocycles. The maximum absolute atomic E-state index is 11.8. The van der Waals surface area contributed by atoms with Gasteiger partial charge >= 0.3 is 0 Å². The summed E-state index contributed by atoms with van der Waals surface area (Å²) in [4.78, 5) is 11.8. The van der Waals surface area contributed by atoms with Crippen LogP contribution in [0.5, 0.6) is 5.75 Å². The van der Waals surface area contributed by atoms with Gasteiger partial charge in [-0.1, -0.05) is 42.5 Å². The van der Waals surface area contributed by atoms with Crippen molar-refractivity contribution in [1.82, 2.24) is 5.32 Å². The summed E-state index contributed by atoms with van der Waals surface area (Å²) in [7, 11) is 0. The second-order valence-corrected chi connectivity index (χ2v) is 5.16. The highest BCUT2D eigenvalue weighted by molar-refractivity contribution is 5.76. The zero-order valence-electron chi connectivity index (χ0n) is 12.3. The topological polar surface area (TPSA) is 49.3 Å². The fourth-order valence-corrected chi connectivity index (χ4v) is 2.29. The SMILES string of the molecule is Cc1ccccc1CCNC(=O)CCc1ccccc1O. The molecule has 2 N–H and O–H groups in total. The minimum Gasteiger partial charge on any atom is -0.508 e. The molecule has 0 bridgehead atoms. The molecule has 2 aromatic carbocycles. The number of amides is 1. The molecule has 0 fully saturated rings. The maximum Gasteiger partial charge on any atom is 0.220 e. The Morgan fingerprint density at radius 3 is 2.38 bits per heavy atom. The molecule has 3 heteroatoms. The molecule has 0 radical (unpaired) electrons. The van der Waals surface area contributed by atoms with Gasteiger partial charge in [-0.25, -0.2) is 0 Å². The Morgan fingerprint density at radius 1 is 1.00 bits per heavy atom. The summed E-state index contributed by atoms with van der Waals surface area (Å²) in [6.45, 7) is 2.72. The average Bonchev–Trinajstić information content (AvgIpc) is 2.48. The summed E-state index contributed by atoms with van der Waals surface area (Å²) in [5.74, 6) is 0.275. The molecule has 0 aliphatic heterocycles. The van der Waals surface area contributed by atoms with Gasteiger partial charge in [-0.2, -0.15) is 0 Å². The molecule has 0 aliphatic rings. The molecular formula is C18H21NO2. The predicted octanol–water partition coefficient (Wildman–Crippen LogP) is 2.99. The first-order chi connectivity index (χ1) is 10.2. The van der Waals surface area contributed by atoms with Crippen molar-refractivity contribution in [2.75, 3.05) is 6.54 Å². The minimum atomic E-state index is 0.0202. The first-order valence-electron chi connectivity index (χ1n) is 7.25. The first kappa shape index (κ1) is 15.1. The van der Waals surface area contributed by atoms with Crippen molar-refractivity contribution in [1.29, 1.82) is 0 Å². The van der Waals surface area contributed by atoms with E-state index in [9.17, 15) is 9.90 Å². The molecule has 0 saturated heterocycles. The van der Waals surface area contributed by atoms with Gasteiger partial charge in [0.05, 0.1) is 0 Å². The number of aryl methyl sites for hydroxylation is 2. The number of hydrogen-bond donors (Lipinski definition) is 2. The molecule has 1 amide bonds. The molecule has 2 aromatic rings. The third-order valence-corrected chi connectivity index (χ3v) is 3.59. The second kappa shape index (κ2) is 7.48. The van der Waals surface area contributed by atoms with Crippen LogP contribution in [0.2, 0.25) is 0 Å². The van der Waals surface area contributed by atoms with E-state index in [4.69, 9.17) is 0 Å². The highest BCUT2D eigenvalue weighted by Gasteiger charge is 2.05. The Hall–Kier alpha value is -2.29. The summed E-state index contributed by atoms with van der Waals surface area (Å²) in [5, 5.41) is 12.6. The van der Waals surface area contributed by atoms with E-state index in [2.05, 4.69) is 24.4 Å². The number of phenols is 1. The Labute approximate surface area is 125 Å². The van der Waals surface area contributed by atoms with Crippen LogP contribution in [0.3, 0.4) is 0 Å². The number of phenolic OH excluding ortho intramolecular Hbond substituents is 1. The number of rotatable bonds is 6. The van der Waals surface area contributed by atoms with Crippen LogP contribution in [-0.2, 0) is 17.6 Å². The van der Waals surface area contributed by atoms with E-state index in [0.29, 0.717) is 19.4 Å². The molecule has 0 atom stereocenters. The second-order valence-electron chi connectivity index (χ2n) is 5.16. The molecule has 3 nitrogen and oxygen atoms in total. The average molecular weight is 283 g/mol. The highest BCUT2D eigenvalue weighted by atomic mass is 16.3. The van der Waals surface area contributed by atoms with Gasteiger partial charge in [-0.3, -0.25) is 4.79 Å². The summed E-state index contributed by atoms with van der Waals surface area (Å²) in [6, 6.07) is 15.3. The molecule has 0 unspecified atom stereocenters. The fourth-order valence-electron chi connectivity index (χ4n) is 2.29. The number of nitrogens with one attached hydrogen (secondary N) is 1. The maximum atomic E-state index is 11.8. The number of carbonyl (C=O) groups is 1. The van der Waals surface area contributed by atoms with Gasteiger partial charge in [0, 0.05) is 13.0 Å². The molecule has 2 rings (SSSR count). The van der Waals surface area contributed by atoms with Crippen LogP contribution >= 0.6 is 0 Å². The Morgan fingerprint density at radius 2 is 1.67 bits per heavy atom. The molecule has 110 valence electrons. The number of hydrogen-bond acceptors (Lipinski definition) is 2. The summed E-state index contributed by atoms with van der Waals surface area (Å²) < 4.78 is 0. The van der Waals surface area contributed by atoms with E-state index in [-0.39, 0.29) is 11.7 Å². The Balaban J connectivity index is 1.73. The van der Waals surface area contributed by atoms with Crippen molar-refractivity contribution in [3.05, 3.63) is 65.2 Å². The summed E-state index contributed by atoms with van der Waals surface area (Å²) in [5.41, 5.74) is 3.33. The summed E-state index contributed by atoms with van der Waals surface area (Å²) in [6.07, 6.45) is 1.79. The standard InChI is InChI=1S/C18H21NO2/c1-14-6-2-3-7-15(14)12-13-19-18(21)11-10-16-8-4-5-9-17(16)20/h2-9,20H,10-13H2,1H3,(H,19,21). The third-order valence-electron chi connectivity index (χ3n) is 3.59. The minimum absolute atomic E-state index is 0.0202. The lowest BCUT2D eigenvalue weighted by Crippen LogP contribution is -2.26. The Bertz CT molecular complexity index is 608. The molecule has 21 heavy (non-hydrogen) atoms. The number of benzene rings is 2. The predicted molar refractivity (Wildman–Crippen MR) is 84.3 cm³/mol. The van der Waals surface area contributed by atoms with Crippen molar-refractivity contribution in [3.8, 4) is 5.75 Å². The van der Waals surface area contributed by atoms with Gasteiger partial charge in [-0.05, 0) is 42.5 Å². The molecular weight excluding hydrogens is 262 g/mol. The van der Waals surface area contributed by atoms with Gasteiger partial charge in [-0.15, -0.1) is 0 Å². The first-order valence-corrected chi connectivity index (χ1v) is 7.25. The van der Waals surface area contributed by atoms with Gasteiger partial charge in [0.15, 0.2) is 0 Å². The third kappa shape index (κ3) is 4.63. The quantitative estimate of drug-likeness (QED) is 0.856. The van der Waals surface area contributed by atoms with Crippen molar-refractivity contribution < 1.29 is 9.90 Å². The van der Waals surface area contributed by atoms with Gasteiger partial charge in [0.1, 0.15) is 5.75 Å². The highest BCUT2D eigenvalue weighted by Crippen LogP contribution is 2.17. The van der Waals surface area contributed by atoms with E-state index in [1.165, 1.54) is 11.1 Å². The van der Waals surface area contributed by atoms with Crippen LogP contribution in [0.1, 0.15) is 23.1 Å². The van der Waals surface area contributed by atoms with Gasteiger partial charge < -0.3 is 10.4 Å². The van der Waals surface area contributed by atoms with Crippen molar-refractivity contribution in [2.45, 2.75) is 26.2 Å².